The first kappa shape index (κ1) is 12.5. The van der Waals surface area contributed by atoms with E-state index in [1.165, 1.54) is 0 Å². The molecule has 0 spiro atoms. The molecule has 3 nitrogen and oxygen atoms in total. The average Bonchev–Trinajstić information content (AvgIpc) is 2.28. The Balaban J connectivity index is 2.12. The van der Waals surface area contributed by atoms with Gasteiger partial charge >= 0.3 is 0 Å². The molecule has 2 N–H and O–H groups in total. The van der Waals surface area contributed by atoms with E-state index in [4.69, 9.17) is 6.42 Å². The summed E-state index contributed by atoms with van der Waals surface area (Å²) >= 11 is 0. The molecule has 1 aliphatic heterocycles. The monoisotopic (exact) mass is 210 g/mol. The molecule has 1 saturated heterocycles. The van der Waals surface area contributed by atoms with Gasteiger partial charge in [0, 0.05) is 25.7 Å². The van der Waals surface area contributed by atoms with Crippen molar-refractivity contribution in [2.75, 3.05) is 26.2 Å². The first-order chi connectivity index (χ1) is 7.26. The van der Waals surface area contributed by atoms with Crippen molar-refractivity contribution in [2.24, 2.45) is 0 Å². The summed E-state index contributed by atoms with van der Waals surface area (Å²) < 4.78 is 0. The third kappa shape index (κ3) is 4.65. The van der Waals surface area contributed by atoms with Crippen LogP contribution >= 0.6 is 0 Å². The van der Waals surface area contributed by atoms with Gasteiger partial charge in [-0.05, 0) is 19.3 Å². The number of hydrogen-bond donors (Lipinski definition) is 2. The molecule has 1 heterocycles. The number of piperidine rings is 1. The van der Waals surface area contributed by atoms with Crippen LogP contribution in [0.1, 0.15) is 26.2 Å². The number of likely N-dealkylation sites (tertiary alicyclic amines) is 1. The number of hydrogen-bond acceptors (Lipinski definition) is 3. The second-order valence-corrected chi connectivity index (χ2v) is 4.22. The highest BCUT2D eigenvalue weighted by molar-refractivity contribution is 4.90. The van der Waals surface area contributed by atoms with Gasteiger partial charge in [-0.25, -0.2) is 0 Å². The Morgan fingerprint density at radius 3 is 2.73 bits per heavy atom. The van der Waals surface area contributed by atoms with Crippen LogP contribution in [0.5, 0.6) is 0 Å². The number of nitrogens with one attached hydrogen (secondary N) is 1. The Kier molecular flexibility index (Phi) is 5.70. The minimum absolute atomic E-state index is 0.200. The van der Waals surface area contributed by atoms with E-state index in [1.807, 2.05) is 6.92 Å². The van der Waals surface area contributed by atoms with Gasteiger partial charge in [-0.15, -0.1) is 6.42 Å². The van der Waals surface area contributed by atoms with Crippen molar-refractivity contribution < 1.29 is 5.11 Å². The van der Waals surface area contributed by atoms with Gasteiger partial charge in [-0.2, -0.15) is 0 Å². The second kappa shape index (κ2) is 6.84. The summed E-state index contributed by atoms with van der Waals surface area (Å²) in [5.74, 6) is 2.68. The quantitative estimate of drug-likeness (QED) is 0.647. The van der Waals surface area contributed by atoms with Crippen LogP contribution in [-0.4, -0.2) is 48.3 Å². The highest BCUT2D eigenvalue weighted by Crippen LogP contribution is 2.09. The van der Waals surface area contributed by atoms with Gasteiger partial charge in [0.25, 0.3) is 0 Å². The van der Waals surface area contributed by atoms with Crippen molar-refractivity contribution in [1.29, 1.82) is 0 Å². The minimum Gasteiger partial charge on any atom is -0.392 e. The molecule has 86 valence electrons. The van der Waals surface area contributed by atoms with E-state index in [0.29, 0.717) is 6.04 Å². The molecular formula is C12H22N2O. The van der Waals surface area contributed by atoms with Gasteiger partial charge in [-0.3, -0.25) is 4.90 Å². The van der Waals surface area contributed by atoms with Crippen LogP contribution in [-0.2, 0) is 0 Å². The first-order valence-electron chi connectivity index (χ1n) is 5.83. The largest absolute Gasteiger partial charge is 0.392 e. The highest BCUT2D eigenvalue weighted by Gasteiger charge is 2.18. The van der Waals surface area contributed by atoms with E-state index in [0.717, 1.165) is 45.4 Å². The van der Waals surface area contributed by atoms with E-state index in [2.05, 4.69) is 16.1 Å². The number of aliphatic hydroxyl groups is 1. The SMILES string of the molecule is C#CCN1CCC(NCC(O)CC)CC1. The van der Waals surface area contributed by atoms with Crippen LogP contribution in [0.25, 0.3) is 0 Å². The summed E-state index contributed by atoms with van der Waals surface area (Å²) in [6.45, 7) is 5.64. The van der Waals surface area contributed by atoms with Crippen LogP contribution < -0.4 is 5.32 Å². The number of nitrogens with zero attached hydrogens (tertiary/aromatic N) is 1. The van der Waals surface area contributed by atoms with Gasteiger partial charge in [0.2, 0.25) is 0 Å². The van der Waals surface area contributed by atoms with E-state index in [-0.39, 0.29) is 6.10 Å². The lowest BCUT2D eigenvalue weighted by atomic mass is 10.0. The van der Waals surface area contributed by atoms with Gasteiger partial charge in [-0.1, -0.05) is 12.8 Å². The zero-order valence-electron chi connectivity index (χ0n) is 9.58. The molecule has 1 aliphatic rings. The standard InChI is InChI=1S/C12H22N2O/c1-3-7-14-8-5-11(6-9-14)13-10-12(15)4-2/h1,11-13,15H,4-10H2,2H3. The van der Waals surface area contributed by atoms with Gasteiger partial charge in [0.1, 0.15) is 0 Å². The second-order valence-electron chi connectivity index (χ2n) is 4.22. The van der Waals surface area contributed by atoms with Gasteiger partial charge in [0.05, 0.1) is 12.6 Å². The molecule has 0 amide bonds. The molecule has 0 aromatic heterocycles. The van der Waals surface area contributed by atoms with Crippen LogP contribution in [0.15, 0.2) is 0 Å². The van der Waals surface area contributed by atoms with Gasteiger partial charge < -0.3 is 10.4 Å². The Labute approximate surface area is 92.9 Å². The topological polar surface area (TPSA) is 35.5 Å². The van der Waals surface area contributed by atoms with Crippen molar-refractivity contribution >= 4 is 0 Å². The molecule has 1 unspecified atom stereocenters. The van der Waals surface area contributed by atoms with E-state index >= 15 is 0 Å². The minimum atomic E-state index is -0.200. The molecule has 1 rings (SSSR count). The fourth-order valence-electron chi connectivity index (χ4n) is 1.87. The smallest absolute Gasteiger partial charge is 0.0662 e. The summed E-state index contributed by atoms with van der Waals surface area (Å²) in [6, 6.07) is 0.556. The van der Waals surface area contributed by atoms with Crippen LogP contribution in [0.2, 0.25) is 0 Å². The summed E-state index contributed by atoms with van der Waals surface area (Å²) in [4.78, 5) is 2.30. The fraction of sp³-hybridized carbons (Fsp3) is 0.833. The Hall–Kier alpha value is -0.560. The van der Waals surface area contributed by atoms with Crippen LogP contribution in [0.3, 0.4) is 0 Å². The maximum Gasteiger partial charge on any atom is 0.0662 e. The first-order valence-corrected chi connectivity index (χ1v) is 5.83. The van der Waals surface area contributed by atoms with E-state index in [9.17, 15) is 5.11 Å². The maximum atomic E-state index is 9.43. The molecule has 1 fully saturated rings. The molecule has 0 saturated carbocycles. The van der Waals surface area contributed by atoms with Crippen molar-refractivity contribution in [3.05, 3.63) is 0 Å². The third-order valence-electron chi connectivity index (χ3n) is 3.02. The molecule has 1 atom stereocenters. The normalized spacial score (nSPS) is 21.1. The summed E-state index contributed by atoms with van der Waals surface area (Å²) in [7, 11) is 0. The predicted molar refractivity (Wildman–Crippen MR) is 62.6 cm³/mol. The zero-order valence-corrected chi connectivity index (χ0v) is 9.58. The summed E-state index contributed by atoms with van der Waals surface area (Å²) in [5.41, 5.74) is 0. The lowest BCUT2D eigenvalue weighted by molar-refractivity contribution is 0.150. The van der Waals surface area contributed by atoms with Crippen LogP contribution in [0.4, 0.5) is 0 Å². The molecule has 0 aromatic rings. The van der Waals surface area contributed by atoms with Gasteiger partial charge in [0.15, 0.2) is 0 Å². The molecule has 0 aliphatic carbocycles. The molecular weight excluding hydrogens is 188 g/mol. The molecule has 15 heavy (non-hydrogen) atoms. The summed E-state index contributed by atoms with van der Waals surface area (Å²) in [6.07, 6.45) is 8.17. The van der Waals surface area contributed by atoms with Crippen molar-refractivity contribution in [3.8, 4) is 12.3 Å². The lowest BCUT2D eigenvalue weighted by Crippen LogP contribution is -2.44. The number of terminal acetylenes is 1. The number of aliphatic hydroxyl groups excluding tert-OH is 1. The predicted octanol–water partition coefficient (Wildman–Crippen LogP) is 0.444. The van der Waals surface area contributed by atoms with E-state index < -0.39 is 0 Å². The summed E-state index contributed by atoms with van der Waals surface area (Å²) in [5, 5.41) is 12.8. The Morgan fingerprint density at radius 1 is 1.53 bits per heavy atom. The Bertz CT molecular complexity index is 204. The maximum absolute atomic E-state index is 9.43. The average molecular weight is 210 g/mol. The molecule has 0 aromatic carbocycles. The molecule has 0 bridgehead atoms. The van der Waals surface area contributed by atoms with Crippen LogP contribution in [0, 0.1) is 12.3 Å². The zero-order chi connectivity index (χ0) is 11.1. The Morgan fingerprint density at radius 2 is 2.20 bits per heavy atom. The van der Waals surface area contributed by atoms with Crippen molar-refractivity contribution in [1.82, 2.24) is 10.2 Å². The van der Waals surface area contributed by atoms with Crippen molar-refractivity contribution in [2.45, 2.75) is 38.3 Å². The fourth-order valence-corrected chi connectivity index (χ4v) is 1.87. The molecule has 0 radical (unpaired) electrons. The van der Waals surface area contributed by atoms with E-state index in [1.54, 1.807) is 0 Å². The molecule has 3 heteroatoms. The lowest BCUT2D eigenvalue weighted by Gasteiger charge is -2.31. The van der Waals surface area contributed by atoms with Crippen molar-refractivity contribution in [3.63, 3.8) is 0 Å². The number of rotatable bonds is 5. The third-order valence-corrected chi connectivity index (χ3v) is 3.02. The highest BCUT2D eigenvalue weighted by atomic mass is 16.3.